The fourth-order valence-corrected chi connectivity index (χ4v) is 5.43. The largest absolute Gasteiger partial charge is 0.494 e. The van der Waals surface area contributed by atoms with Crippen molar-refractivity contribution in [3.63, 3.8) is 0 Å². The number of carboxylic acids is 1. The van der Waals surface area contributed by atoms with E-state index in [0.29, 0.717) is 36.1 Å². The zero-order valence-electron chi connectivity index (χ0n) is 22.8. The first-order chi connectivity index (χ1) is 19.5. The van der Waals surface area contributed by atoms with Gasteiger partial charge in [-0.2, -0.15) is 13.2 Å². The Bertz CT molecular complexity index is 1280. The van der Waals surface area contributed by atoms with Crippen molar-refractivity contribution < 1.29 is 42.8 Å². The molecule has 1 aromatic heterocycles. The van der Waals surface area contributed by atoms with Crippen LogP contribution in [0.15, 0.2) is 54.6 Å². The van der Waals surface area contributed by atoms with Gasteiger partial charge in [0, 0.05) is 31.3 Å². The van der Waals surface area contributed by atoms with Crippen LogP contribution in [-0.2, 0) is 24.1 Å². The van der Waals surface area contributed by atoms with Crippen molar-refractivity contribution in [1.29, 1.82) is 0 Å². The number of rotatable bonds is 13. The lowest BCUT2D eigenvalue weighted by Crippen LogP contribution is -2.34. The summed E-state index contributed by atoms with van der Waals surface area (Å²) in [5, 5.41) is 29.4. The summed E-state index contributed by atoms with van der Waals surface area (Å²) in [5.74, 6) is 0.0711. The molecule has 0 spiro atoms. The summed E-state index contributed by atoms with van der Waals surface area (Å²) in [6, 6.07) is 12.3. The second kappa shape index (κ2) is 13.2. The summed E-state index contributed by atoms with van der Waals surface area (Å²) in [7, 11) is 1.50. The van der Waals surface area contributed by atoms with Crippen molar-refractivity contribution in [2.45, 2.75) is 57.4 Å². The summed E-state index contributed by atoms with van der Waals surface area (Å²) in [4.78, 5) is 13.9. The number of carboxylic acid groups (broad SMARTS) is 1. The topological polar surface area (TPSA) is 104 Å². The molecular weight excluding hydrogens is 541 g/mol. The van der Waals surface area contributed by atoms with Gasteiger partial charge in [-0.1, -0.05) is 31.0 Å². The first-order valence-corrected chi connectivity index (χ1v) is 13.6. The maximum absolute atomic E-state index is 13.2. The number of ether oxygens (including phenoxy) is 2. The Balaban J connectivity index is 1.56. The third kappa shape index (κ3) is 7.87. The lowest BCUT2D eigenvalue weighted by molar-refractivity contribution is -0.139. The first-order valence-electron chi connectivity index (χ1n) is 13.6. The number of methoxy groups -OCH3 is 1. The maximum atomic E-state index is 13.2. The summed E-state index contributed by atoms with van der Waals surface area (Å²) >= 11 is 0. The van der Waals surface area contributed by atoms with E-state index in [1.807, 2.05) is 11.0 Å². The minimum Gasteiger partial charge on any atom is -0.494 e. The van der Waals surface area contributed by atoms with Gasteiger partial charge in [0.1, 0.15) is 6.61 Å². The first kappa shape index (κ1) is 30.1. The van der Waals surface area contributed by atoms with Crippen molar-refractivity contribution in [1.82, 2.24) is 9.47 Å². The highest BCUT2D eigenvalue weighted by atomic mass is 19.4. The van der Waals surface area contributed by atoms with E-state index in [1.54, 1.807) is 12.1 Å². The van der Waals surface area contributed by atoms with Gasteiger partial charge in [-0.25, -0.2) is 0 Å². The predicted molar refractivity (Wildman–Crippen MR) is 145 cm³/mol. The highest BCUT2D eigenvalue weighted by molar-refractivity contribution is 5.68. The van der Waals surface area contributed by atoms with Crippen molar-refractivity contribution in [2.24, 2.45) is 5.92 Å². The van der Waals surface area contributed by atoms with Gasteiger partial charge < -0.3 is 24.8 Å². The summed E-state index contributed by atoms with van der Waals surface area (Å²) in [6.45, 7) is 1.32. The molecule has 1 fully saturated rings. The predicted octanol–water partition coefficient (Wildman–Crippen LogP) is 6.21. The molecule has 2 aromatic carbocycles. The molecule has 1 aliphatic carbocycles. The van der Waals surface area contributed by atoms with E-state index < -0.39 is 23.8 Å². The van der Waals surface area contributed by atoms with Crippen LogP contribution in [0.2, 0.25) is 0 Å². The van der Waals surface area contributed by atoms with E-state index in [1.165, 1.54) is 35.9 Å². The molecular formula is C30H35F3N2O6. The Kier molecular flexibility index (Phi) is 9.69. The number of hydrogen-bond donors (Lipinski definition) is 3. The van der Waals surface area contributed by atoms with Gasteiger partial charge in [-0.15, -0.1) is 0 Å². The molecule has 1 saturated carbocycles. The highest BCUT2D eigenvalue weighted by Gasteiger charge is 2.32. The molecule has 222 valence electrons. The standard InChI is InChI=1S/C30H35F3N2O6/c1-40-26-16-21(6-11-25(26)41-15-14-35-27(36)12-13-28(35)37)19-34(18-20-4-2-3-5-20)24(17-29(38)39)22-7-9-23(10-8-22)30(31,32)33/h6-13,16,20,24,36-37H,2-5,14-15,17-19H2,1H3,(H,38,39). The minimum absolute atomic E-state index is 0.0836. The van der Waals surface area contributed by atoms with Gasteiger partial charge in [0.2, 0.25) is 0 Å². The van der Waals surface area contributed by atoms with Crippen LogP contribution in [-0.4, -0.2) is 51.0 Å². The molecule has 11 heteroatoms. The Morgan fingerprint density at radius 2 is 1.68 bits per heavy atom. The zero-order chi connectivity index (χ0) is 29.6. The molecule has 0 bridgehead atoms. The van der Waals surface area contributed by atoms with Crippen LogP contribution >= 0.6 is 0 Å². The number of carbonyl (C=O) groups is 1. The molecule has 3 aromatic rings. The normalized spacial score (nSPS) is 14.9. The molecule has 0 aliphatic heterocycles. The molecule has 1 atom stereocenters. The number of aromatic hydroxyl groups is 2. The average molecular weight is 577 g/mol. The van der Waals surface area contributed by atoms with Crippen LogP contribution in [0.4, 0.5) is 13.2 Å². The average Bonchev–Trinajstić information content (AvgIpc) is 3.56. The van der Waals surface area contributed by atoms with Crippen molar-refractivity contribution >= 4 is 5.97 Å². The summed E-state index contributed by atoms with van der Waals surface area (Å²) in [5.41, 5.74) is 0.567. The summed E-state index contributed by atoms with van der Waals surface area (Å²) < 4.78 is 52.2. The molecule has 0 amide bonds. The fraction of sp³-hybridized carbons (Fsp3) is 0.433. The van der Waals surface area contributed by atoms with Crippen molar-refractivity contribution in [2.75, 3.05) is 20.3 Å². The number of halogens is 3. The van der Waals surface area contributed by atoms with Crippen LogP contribution in [0.5, 0.6) is 23.3 Å². The number of alkyl halides is 3. The van der Waals surface area contributed by atoms with Gasteiger partial charge in [0.25, 0.3) is 0 Å². The van der Waals surface area contributed by atoms with E-state index in [0.717, 1.165) is 43.4 Å². The zero-order valence-corrected chi connectivity index (χ0v) is 22.8. The maximum Gasteiger partial charge on any atom is 0.416 e. The van der Waals surface area contributed by atoms with E-state index in [2.05, 4.69) is 0 Å². The third-order valence-electron chi connectivity index (χ3n) is 7.52. The van der Waals surface area contributed by atoms with Gasteiger partial charge in [-0.3, -0.25) is 14.3 Å². The second-order valence-corrected chi connectivity index (χ2v) is 10.3. The lowest BCUT2D eigenvalue weighted by Gasteiger charge is -2.34. The number of aromatic nitrogens is 1. The molecule has 4 rings (SSSR count). The fourth-order valence-electron chi connectivity index (χ4n) is 5.43. The minimum atomic E-state index is -4.48. The van der Waals surface area contributed by atoms with Gasteiger partial charge in [0.05, 0.1) is 25.6 Å². The molecule has 3 N–H and O–H groups in total. The number of benzene rings is 2. The van der Waals surface area contributed by atoms with Crippen LogP contribution in [0.25, 0.3) is 0 Å². The van der Waals surface area contributed by atoms with E-state index >= 15 is 0 Å². The van der Waals surface area contributed by atoms with Gasteiger partial charge in [0.15, 0.2) is 23.3 Å². The summed E-state index contributed by atoms with van der Waals surface area (Å²) in [6.07, 6.45) is -0.498. The monoisotopic (exact) mass is 576 g/mol. The Labute approximate surface area is 236 Å². The number of aliphatic carboxylic acids is 1. The number of hydrogen-bond acceptors (Lipinski definition) is 6. The van der Waals surface area contributed by atoms with Gasteiger partial charge >= 0.3 is 12.1 Å². The van der Waals surface area contributed by atoms with E-state index in [4.69, 9.17) is 9.47 Å². The molecule has 1 aliphatic rings. The van der Waals surface area contributed by atoms with E-state index in [-0.39, 0.29) is 31.3 Å². The van der Waals surface area contributed by atoms with E-state index in [9.17, 15) is 33.3 Å². The molecule has 0 radical (unpaired) electrons. The molecule has 0 saturated heterocycles. The third-order valence-corrected chi connectivity index (χ3v) is 7.52. The van der Waals surface area contributed by atoms with Crippen LogP contribution in [0.3, 0.4) is 0 Å². The molecule has 41 heavy (non-hydrogen) atoms. The molecule has 1 heterocycles. The highest BCUT2D eigenvalue weighted by Crippen LogP contribution is 2.36. The van der Waals surface area contributed by atoms with Crippen LogP contribution in [0, 0.1) is 5.92 Å². The van der Waals surface area contributed by atoms with Crippen molar-refractivity contribution in [3.05, 3.63) is 71.3 Å². The van der Waals surface area contributed by atoms with Crippen molar-refractivity contribution in [3.8, 4) is 23.3 Å². The smallest absolute Gasteiger partial charge is 0.416 e. The Hall–Kier alpha value is -3.86. The molecule has 1 unspecified atom stereocenters. The van der Waals surface area contributed by atoms with Crippen LogP contribution < -0.4 is 9.47 Å². The van der Waals surface area contributed by atoms with Crippen LogP contribution in [0.1, 0.15) is 54.8 Å². The van der Waals surface area contributed by atoms with Gasteiger partial charge in [-0.05, 0) is 54.2 Å². The molecule has 8 nitrogen and oxygen atoms in total. The lowest BCUT2D eigenvalue weighted by atomic mass is 9.97. The Morgan fingerprint density at radius 3 is 2.27 bits per heavy atom. The number of nitrogens with zero attached hydrogens (tertiary/aromatic N) is 2. The Morgan fingerprint density at radius 1 is 1.02 bits per heavy atom. The SMILES string of the molecule is COc1cc(CN(CC2CCCC2)C(CC(=O)O)c2ccc(C(F)(F)F)cc2)ccc1OCCn1c(O)ccc1O. The second-order valence-electron chi connectivity index (χ2n) is 10.3. The quantitative estimate of drug-likeness (QED) is 0.222.